The Morgan fingerprint density at radius 1 is 0.653 bits per heavy atom. The second-order valence-electron chi connectivity index (χ2n) is 19.7. The lowest BCUT2D eigenvalue weighted by atomic mass is 9.66. The van der Waals surface area contributed by atoms with Gasteiger partial charge in [-0.1, -0.05) is 0 Å². The normalized spacial score (nSPS) is 18.8. The first kappa shape index (κ1) is 48.8. The number of ether oxygens (including phenoxy) is 4. The van der Waals surface area contributed by atoms with Gasteiger partial charge in [-0.25, -0.2) is 38.3 Å². The van der Waals surface area contributed by atoms with Crippen LogP contribution in [0.1, 0.15) is 64.5 Å². The average molecular weight is 981 g/mol. The first-order chi connectivity index (χ1) is 34.3. The number of carbonyl (C=O) groups excluding carboxylic acids is 2. The van der Waals surface area contributed by atoms with Crippen LogP contribution in [-0.2, 0) is 9.47 Å². The minimum Gasteiger partial charge on any atom is -0.474 e. The van der Waals surface area contributed by atoms with Crippen LogP contribution in [0.5, 0.6) is 11.8 Å². The maximum atomic E-state index is 15.3. The molecule has 2 aliphatic carbocycles. The quantitative estimate of drug-likeness (QED) is 0.0774. The van der Waals surface area contributed by atoms with Crippen molar-refractivity contribution in [3.8, 4) is 46.2 Å². The summed E-state index contributed by atoms with van der Waals surface area (Å²) in [6.07, 6.45) is 6.84. The molecule has 4 aliphatic rings. The van der Waals surface area contributed by atoms with Crippen LogP contribution >= 0.6 is 0 Å². The van der Waals surface area contributed by atoms with E-state index in [1.54, 1.807) is 36.7 Å². The number of aromatic nitrogens is 4. The van der Waals surface area contributed by atoms with Crippen LogP contribution in [0, 0.1) is 70.8 Å². The number of halogens is 2. The van der Waals surface area contributed by atoms with Gasteiger partial charge in [0.1, 0.15) is 48.4 Å². The van der Waals surface area contributed by atoms with E-state index in [0.29, 0.717) is 108 Å². The van der Waals surface area contributed by atoms with Gasteiger partial charge < -0.3 is 41.0 Å². The van der Waals surface area contributed by atoms with Crippen molar-refractivity contribution in [1.82, 2.24) is 19.9 Å². The highest BCUT2D eigenvalue weighted by molar-refractivity contribution is 6.01. The topological polar surface area (TPSA) is 270 Å². The van der Waals surface area contributed by atoms with Gasteiger partial charge in [0.05, 0.1) is 34.3 Å². The number of benzene rings is 2. The molecule has 20 heteroatoms. The first-order valence-electron chi connectivity index (χ1n) is 23.6. The molecule has 0 bridgehead atoms. The Balaban J connectivity index is 0.000000178. The molecule has 0 unspecified atom stereocenters. The maximum absolute atomic E-state index is 15.3. The van der Waals surface area contributed by atoms with Crippen LogP contribution in [0.15, 0.2) is 49.1 Å². The summed E-state index contributed by atoms with van der Waals surface area (Å²) < 4.78 is 52.7. The maximum Gasteiger partial charge on any atom is 0.413 e. The van der Waals surface area contributed by atoms with E-state index in [1.807, 2.05) is 41.5 Å². The summed E-state index contributed by atoms with van der Waals surface area (Å²) in [6.45, 7) is 13.6. The third-order valence-electron chi connectivity index (χ3n) is 14.3. The molecule has 4 aromatic heterocycles. The van der Waals surface area contributed by atoms with E-state index in [4.69, 9.17) is 30.4 Å². The Hall–Kier alpha value is -8.26. The number of carbonyl (C=O) groups is 2. The lowest BCUT2D eigenvalue weighted by Gasteiger charge is -2.40. The van der Waals surface area contributed by atoms with Crippen molar-refractivity contribution in [2.75, 3.05) is 59.0 Å². The van der Waals surface area contributed by atoms with E-state index in [1.165, 1.54) is 12.4 Å². The number of nitrogen functional groups attached to an aromatic ring is 2. The first-order valence-corrected chi connectivity index (χ1v) is 23.6. The molecule has 2 aliphatic heterocycles. The summed E-state index contributed by atoms with van der Waals surface area (Å²) in [7, 11) is 0. The van der Waals surface area contributed by atoms with Crippen molar-refractivity contribution >= 4 is 68.1 Å². The molecule has 10 rings (SSSR count). The van der Waals surface area contributed by atoms with Crippen molar-refractivity contribution in [1.29, 1.82) is 10.5 Å². The van der Waals surface area contributed by atoms with Crippen LogP contribution < -0.4 is 42.2 Å². The molecule has 0 atom stereocenters. The number of anilines is 6. The van der Waals surface area contributed by atoms with Crippen molar-refractivity contribution < 1.29 is 37.3 Å². The van der Waals surface area contributed by atoms with Crippen molar-refractivity contribution in [2.45, 2.75) is 79.4 Å². The van der Waals surface area contributed by atoms with Crippen LogP contribution in [-0.4, -0.2) is 70.6 Å². The molecule has 18 nitrogen and oxygen atoms in total. The monoisotopic (exact) mass is 980 g/mol. The number of hydrogen-bond donors (Lipinski definition) is 6. The Kier molecular flexibility index (Phi) is 13.0. The molecule has 2 amide bonds. The summed E-state index contributed by atoms with van der Waals surface area (Å²) in [4.78, 5) is 41.9. The zero-order valence-electron chi connectivity index (χ0n) is 40.6. The van der Waals surface area contributed by atoms with E-state index in [2.05, 4.69) is 53.3 Å². The molecule has 372 valence electrons. The molecule has 2 aromatic carbocycles. The predicted octanol–water partition coefficient (Wildman–Crippen LogP) is 10.0. The predicted molar refractivity (Wildman–Crippen MR) is 268 cm³/mol. The van der Waals surface area contributed by atoms with Crippen LogP contribution in [0.3, 0.4) is 0 Å². The Morgan fingerprint density at radius 2 is 1.04 bits per heavy atom. The van der Waals surface area contributed by atoms with Crippen LogP contribution in [0.2, 0.25) is 0 Å². The number of amides is 2. The number of rotatable bonds is 8. The smallest absolute Gasteiger partial charge is 0.413 e. The summed E-state index contributed by atoms with van der Waals surface area (Å²) in [5.41, 5.74) is 16.1. The standard InChI is InChI=1S/2C26H27FN6O3/c2*1-13-18(10-32-24-23(13)30-4-5-35-24)17-6-14-7-20(31-11-19(14)22(29)21(17)27)33-25(34)36-16-8-15(9-16)26(2,3)12-28/h2*6-7,10-11,15-16,30H,4-5,8-9,29H2,1-3H3,(H,31,33,34). The molecular formula is C52H54F2N12O6. The summed E-state index contributed by atoms with van der Waals surface area (Å²) in [5.74, 6) is 0.745. The van der Waals surface area contributed by atoms with Crippen LogP contribution in [0.4, 0.5) is 52.8 Å². The summed E-state index contributed by atoms with van der Waals surface area (Å²) >= 11 is 0. The fourth-order valence-corrected chi connectivity index (χ4v) is 9.36. The van der Waals surface area contributed by atoms with E-state index < -0.39 is 34.7 Å². The molecule has 0 saturated heterocycles. The number of nitrogens with one attached hydrogen (secondary N) is 4. The molecular weight excluding hydrogens is 927 g/mol. The number of hydrogen-bond acceptors (Lipinski definition) is 16. The zero-order chi connectivity index (χ0) is 51.2. The van der Waals surface area contributed by atoms with E-state index in [-0.39, 0.29) is 47.1 Å². The fraction of sp³-hybridized carbons (Fsp3) is 0.385. The SMILES string of the molecule is Cc1c(-c2cc3cc(NC(=O)OC4CC(C(C)(C)C#N)C4)ncc3c(N)c2F)cnc2c1NCCO2.Cc1c(-c2cc3cc(NC(=O)OC4CC(C(C)(C)C#N)C4)ncc3c(N)c2F)cnc2c1NCCO2. The van der Waals surface area contributed by atoms with Gasteiger partial charge >= 0.3 is 12.2 Å². The van der Waals surface area contributed by atoms with Crippen LogP contribution in [0.25, 0.3) is 43.8 Å². The average Bonchev–Trinajstić information content (AvgIpc) is 3.34. The molecule has 0 spiro atoms. The Morgan fingerprint density at radius 3 is 1.42 bits per heavy atom. The van der Waals surface area contributed by atoms with E-state index >= 15 is 8.78 Å². The van der Waals surface area contributed by atoms with Crippen molar-refractivity contribution in [2.24, 2.45) is 22.7 Å². The third-order valence-corrected chi connectivity index (χ3v) is 14.3. The second kappa shape index (κ2) is 19.2. The van der Waals surface area contributed by atoms with Gasteiger partial charge in [-0.2, -0.15) is 10.5 Å². The van der Waals surface area contributed by atoms with Crippen molar-refractivity contribution in [3.63, 3.8) is 0 Å². The van der Waals surface area contributed by atoms with Gasteiger partial charge in [-0.15, -0.1) is 0 Å². The number of nitrogens with zero attached hydrogens (tertiary/aromatic N) is 6. The number of fused-ring (bicyclic) bond motifs is 4. The molecule has 8 N–H and O–H groups in total. The highest BCUT2D eigenvalue weighted by Crippen LogP contribution is 2.45. The minimum atomic E-state index is -0.629. The van der Waals surface area contributed by atoms with E-state index in [9.17, 15) is 20.1 Å². The van der Waals surface area contributed by atoms with Gasteiger partial charge in [0, 0.05) is 70.9 Å². The molecule has 6 heterocycles. The molecule has 72 heavy (non-hydrogen) atoms. The third kappa shape index (κ3) is 9.39. The minimum absolute atomic E-state index is 0.0360. The highest BCUT2D eigenvalue weighted by atomic mass is 19.1. The largest absolute Gasteiger partial charge is 0.474 e. The summed E-state index contributed by atoms with van der Waals surface area (Å²) in [5, 5.41) is 32.4. The molecule has 0 radical (unpaired) electrons. The van der Waals surface area contributed by atoms with Gasteiger partial charge in [-0.3, -0.25) is 10.6 Å². The highest BCUT2D eigenvalue weighted by Gasteiger charge is 2.43. The lowest BCUT2D eigenvalue weighted by molar-refractivity contribution is -0.00740. The molecule has 2 saturated carbocycles. The zero-order valence-corrected chi connectivity index (χ0v) is 40.6. The fourth-order valence-electron chi connectivity index (χ4n) is 9.36. The van der Waals surface area contributed by atoms with Gasteiger partial charge in [-0.05, 0) is 125 Å². The van der Waals surface area contributed by atoms with Gasteiger partial charge in [0.15, 0.2) is 11.6 Å². The van der Waals surface area contributed by atoms with Crippen molar-refractivity contribution in [3.05, 3.63) is 71.8 Å². The Labute approximate surface area is 413 Å². The van der Waals surface area contributed by atoms with E-state index in [0.717, 1.165) is 22.5 Å². The molecule has 2 fully saturated rings. The van der Waals surface area contributed by atoms with Gasteiger partial charge in [0.2, 0.25) is 11.8 Å². The number of nitriles is 2. The van der Waals surface area contributed by atoms with Gasteiger partial charge in [0.25, 0.3) is 0 Å². The summed E-state index contributed by atoms with van der Waals surface area (Å²) in [6, 6.07) is 11.2. The number of pyridine rings is 4. The number of nitrogens with two attached hydrogens (primary N) is 2. The second-order valence-corrected chi connectivity index (χ2v) is 19.7. The Bertz CT molecular complexity index is 3040. The lowest BCUT2D eigenvalue weighted by Crippen LogP contribution is -2.41. The molecule has 6 aromatic rings.